The average molecular weight is 291 g/mol. The van der Waals surface area contributed by atoms with Crippen LogP contribution in [-0.4, -0.2) is 11.5 Å². The van der Waals surface area contributed by atoms with Crippen LogP contribution in [-0.2, 0) is 0 Å². The lowest BCUT2D eigenvalue weighted by molar-refractivity contribution is -0.388. The van der Waals surface area contributed by atoms with Crippen molar-refractivity contribution in [2.75, 3.05) is 6.61 Å². The molecule has 0 aromatic heterocycles. The van der Waals surface area contributed by atoms with Gasteiger partial charge in [-0.2, -0.15) is 4.39 Å². The Balaban J connectivity index is 2.35. The lowest BCUT2D eigenvalue weighted by Crippen LogP contribution is -1.99. The summed E-state index contributed by atoms with van der Waals surface area (Å²) in [5, 5.41) is 10.9. The predicted molar refractivity (Wildman–Crippen MR) is 75.4 cm³/mol. The van der Waals surface area contributed by atoms with Crippen LogP contribution in [0.2, 0.25) is 0 Å². The Morgan fingerprint density at radius 1 is 1.10 bits per heavy atom. The number of nitrogens with zero attached hydrogens (tertiary/aromatic N) is 1. The van der Waals surface area contributed by atoms with Gasteiger partial charge in [0.05, 0.1) is 11.5 Å². The number of benzene rings is 2. The molecule has 0 bridgehead atoms. The van der Waals surface area contributed by atoms with Gasteiger partial charge in [-0.15, -0.1) is 0 Å². The number of hydrogen-bond acceptors (Lipinski definition) is 4. The van der Waals surface area contributed by atoms with E-state index in [9.17, 15) is 14.5 Å². The van der Waals surface area contributed by atoms with Gasteiger partial charge in [-0.3, -0.25) is 10.1 Å². The summed E-state index contributed by atoms with van der Waals surface area (Å²) in [6.07, 6.45) is 0.814. The van der Waals surface area contributed by atoms with Gasteiger partial charge in [0.2, 0.25) is 11.6 Å². The number of ether oxygens (including phenoxy) is 2. The van der Waals surface area contributed by atoms with Crippen LogP contribution in [0.1, 0.15) is 13.3 Å². The van der Waals surface area contributed by atoms with Crippen LogP contribution in [0.3, 0.4) is 0 Å². The van der Waals surface area contributed by atoms with Gasteiger partial charge in [0, 0.05) is 0 Å². The van der Waals surface area contributed by atoms with Gasteiger partial charge in [-0.1, -0.05) is 25.1 Å². The molecule has 5 nitrogen and oxygen atoms in total. The Bertz CT molecular complexity index is 645. The van der Waals surface area contributed by atoms with Crippen molar-refractivity contribution in [1.29, 1.82) is 0 Å². The summed E-state index contributed by atoms with van der Waals surface area (Å²) in [4.78, 5) is 10.1. The minimum Gasteiger partial charge on any atom is -0.490 e. The van der Waals surface area contributed by atoms with Crippen molar-refractivity contribution >= 4 is 5.69 Å². The molecule has 110 valence electrons. The fourth-order valence-corrected chi connectivity index (χ4v) is 1.74. The Labute approximate surface area is 121 Å². The standard InChI is InChI=1S/C15H14FNO4/c1-2-10-20-12-7-3-4-8-13(12)21-14-9-5-6-11(16)15(14)17(18)19/h3-9H,2,10H2,1H3. The topological polar surface area (TPSA) is 61.6 Å². The van der Waals surface area contributed by atoms with E-state index in [1.165, 1.54) is 12.1 Å². The summed E-state index contributed by atoms with van der Waals surface area (Å²) < 4.78 is 24.5. The smallest absolute Gasteiger partial charge is 0.346 e. The summed E-state index contributed by atoms with van der Waals surface area (Å²) in [5.74, 6) is -0.338. The van der Waals surface area contributed by atoms with E-state index < -0.39 is 16.4 Å². The van der Waals surface area contributed by atoms with E-state index in [1.54, 1.807) is 24.3 Å². The first-order valence-corrected chi connectivity index (χ1v) is 6.46. The SMILES string of the molecule is CCCOc1ccccc1Oc1cccc(F)c1[N+](=O)[O-]. The molecule has 0 saturated carbocycles. The third-order valence-electron chi connectivity index (χ3n) is 2.66. The van der Waals surface area contributed by atoms with Crippen molar-refractivity contribution < 1.29 is 18.8 Å². The molecule has 2 aromatic carbocycles. The minimum absolute atomic E-state index is 0.160. The molecule has 0 unspecified atom stereocenters. The summed E-state index contributed by atoms with van der Waals surface area (Å²) in [7, 11) is 0. The normalized spacial score (nSPS) is 10.2. The minimum atomic E-state index is -0.940. The molecule has 0 spiro atoms. The van der Waals surface area contributed by atoms with Gasteiger partial charge < -0.3 is 9.47 Å². The van der Waals surface area contributed by atoms with E-state index in [0.717, 1.165) is 12.5 Å². The highest BCUT2D eigenvalue weighted by Crippen LogP contribution is 2.37. The summed E-state index contributed by atoms with van der Waals surface area (Å²) >= 11 is 0. The molecular weight excluding hydrogens is 277 g/mol. The molecule has 6 heteroatoms. The highest BCUT2D eigenvalue weighted by Gasteiger charge is 2.22. The zero-order valence-electron chi connectivity index (χ0n) is 11.4. The predicted octanol–water partition coefficient (Wildman–Crippen LogP) is 4.32. The number of rotatable bonds is 6. The Hall–Kier alpha value is -2.63. The fourth-order valence-electron chi connectivity index (χ4n) is 1.74. The molecule has 0 saturated heterocycles. The van der Waals surface area contributed by atoms with Crippen molar-refractivity contribution in [3.63, 3.8) is 0 Å². The molecule has 0 heterocycles. The second kappa shape index (κ2) is 6.69. The maximum atomic E-state index is 13.6. The fraction of sp³-hybridized carbons (Fsp3) is 0.200. The second-order valence-electron chi connectivity index (χ2n) is 4.24. The van der Waals surface area contributed by atoms with E-state index in [4.69, 9.17) is 9.47 Å². The summed E-state index contributed by atoms with van der Waals surface area (Å²) in [5.41, 5.74) is -0.692. The molecule has 0 atom stereocenters. The number of nitro benzene ring substituents is 1. The van der Waals surface area contributed by atoms with E-state index >= 15 is 0 Å². The van der Waals surface area contributed by atoms with Crippen molar-refractivity contribution in [2.24, 2.45) is 0 Å². The first-order valence-electron chi connectivity index (χ1n) is 6.46. The highest BCUT2D eigenvalue weighted by molar-refractivity contribution is 5.51. The van der Waals surface area contributed by atoms with E-state index in [-0.39, 0.29) is 5.75 Å². The third kappa shape index (κ3) is 3.47. The first kappa shape index (κ1) is 14.8. The van der Waals surface area contributed by atoms with Gasteiger partial charge in [0.15, 0.2) is 11.5 Å². The maximum Gasteiger partial charge on any atom is 0.346 e. The summed E-state index contributed by atoms with van der Waals surface area (Å²) in [6, 6.07) is 10.5. The number of halogens is 1. The molecule has 2 aromatic rings. The Morgan fingerprint density at radius 2 is 1.76 bits per heavy atom. The van der Waals surface area contributed by atoms with Gasteiger partial charge >= 0.3 is 5.69 Å². The molecule has 0 amide bonds. The molecular formula is C15H14FNO4. The van der Waals surface area contributed by atoms with Gasteiger partial charge in [-0.05, 0) is 30.7 Å². The van der Waals surface area contributed by atoms with Crippen LogP contribution in [0.4, 0.5) is 10.1 Å². The molecule has 0 aliphatic carbocycles. The molecule has 0 N–H and O–H groups in total. The molecule has 0 aliphatic heterocycles. The van der Waals surface area contributed by atoms with Crippen LogP contribution in [0.15, 0.2) is 42.5 Å². The van der Waals surface area contributed by atoms with Gasteiger partial charge in [-0.25, -0.2) is 0 Å². The molecule has 0 aliphatic rings. The Kier molecular flexibility index (Phi) is 4.71. The average Bonchev–Trinajstić information content (AvgIpc) is 2.46. The number of nitro groups is 1. The van der Waals surface area contributed by atoms with Crippen molar-refractivity contribution in [1.82, 2.24) is 0 Å². The van der Waals surface area contributed by atoms with Crippen LogP contribution in [0.25, 0.3) is 0 Å². The van der Waals surface area contributed by atoms with Crippen molar-refractivity contribution in [2.45, 2.75) is 13.3 Å². The van der Waals surface area contributed by atoms with Crippen molar-refractivity contribution in [3.05, 3.63) is 58.4 Å². The molecule has 0 radical (unpaired) electrons. The van der Waals surface area contributed by atoms with Gasteiger partial charge in [0.1, 0.15) is 0 Å². The zero-order chi connectivity index (χ0) is 15.2. The molecule has 2 rings (SSSR count). The monoisotopic (exact) mass is 291 g/mol. The van der Waals surface area contributed by atoms with E-state index in [0.29, 0.717) is 18.1 Å². The van der Waals surface area contributed by atoms with E-state index in [1.807, 2.05) is 6.92 Å². The quantitative estimate of drug-likeness (QED) is 0.587. The van der Waals surface area contributed by atoms with Crippen molar-refractivity contribution in [3.8, 4) is 17.2 Å². The van der Waals surface area contributed by atoms with Gasteiger partial charge in [0.25, 0.3) is 0 Å². The number of hydrogen-bond donors (Lipinski definition) is 0. The van der Waals surface area contributed by atoms with Crippen LogP contribution in [0.5, 0.6) is 17.2 Å². The highest BCUT2D eigenvalue weighted by atomic mass is 19.1. The molecule has 21 heavy (non-hydrogen) atoms. The van der Waals surface area contributed by atoms with Crippen LogP contribution >= 0.6 is 0 Å². The maximum absolute atomic E-state index is 13.6. The first-order chi connectivity index (χ1) is 10.1. The van der Waals surface area contributed by atoms with Crippen LogP contribution in [0, 0.1) is 15.9 Å². The van der Waals surface area contributed by atoms with Crippen LogP contribution < -0.4 is 9.47 Å². The Morgan fingerprint density at radius 3 is 2.43 bits per heavy atom. The molecule has 0 fully saturated rings. The lowest BCUT2D eigenvalue weighted by atomic mass is 10.2. The summed E-state index contributed by atoms with van der Waals surface area (Å²) in [6.45, 7) is 2.45. The second-order valence-corrected chi connectivity index (χ2v) is 4.24. The van der Waals surface area contributed by atoms with E-state index in [2.05, 4.69) is 0 Å². The third-order valence-corrected chi connectivity index (χ3v) is 2.66. The zero-order valence-corrected chi connectivity index (χ0v) is 11.4. The number of para-hydroxylation sites is 3. The lowest BCUT2D eigenvalue weighted by Gasteiger charge is -2.12. The largest absolute Gasteiger partial charge is 0.490 e.